The van der Waals surface area contributed by atoms with Gasteiger partial charge in [0.25, 0.3) is 0 Å². The van der Waals surface area contributed by atoms with E-state index < -0.39 is 0 Å². The van der Waals surface area contributed by atoms with Gasteiger partial charge in [-0.15, -0.1) is 5.10 Å². The largest absolute Gasteiger partial charge is 0.303 e. The molecule has 1 atom stereocenters. The molecule has 5 rings (SSSR count). The van der Waals surface area contributed by atoms with Crippen LogP contribution in [0.25, 0.3) is 16.9 Å². The van der Waals surface area contributed by atoms with Gasteiger partial charge in [0.15, 0.2) is 5.17 Å². The van der Waals surface area contributed by atoms with Gasteiger partial charge in [-0.05, 0) is 42.3 Å². The van der Waals surface area contributed by atoms with Crippen molar-refractivity contribution in [3.63, 3.8) is 0 Å². The monoisotopic (exact) mass is 519 g/mol. The molecule has 0 aliphatic carbocycles. The van der Waals surface area contributed by atoms with Crippen LogP contribution in [0.4, 0.5) is 0 Å². The van der Waals surface area contributed by atoms with E-state index in [4.69, 9.17) is 28.3 Å². The molecule has 35 heavy (non-hydrogen) atoms. The SMILES string of the molecule is O=C1N/C(=N\N=C\c2cn(-c3ccccc3)nc2-c2ccccc2)SC1Cc1cc(Cl)ccc1Cl. The Bertz CT molecular complexity index is 1420. The number of hydrogen-bond acceptors (Lipinski definition) is 5. The fourth-order valence-electron chi connectivity index (χ4n) is 3.64. The molecule has 9 heteroatoms. The fourth-order valence-corrected chi connectivity index (χ4v) is 4.99. The molecule has 1 amide bonds. The lowest BCUT2D eigenvalue weighted by molar-refractivity contribution is -0.118. The summed E-state index contributed by atoms with van der Waals surface area (Å²) in [5, 5.41) is 17.3. The molecule has 4 aromatic rings. The number of nitrogens with zero attached hydrogens (tertiary/aromatic N) is 4. The number of nitrogens with one attached hydrogen (secondary N) is 1. The highest BCUT2D eigenvalue weighted by atomic mass is 35.5. The van der Waals surface area contributed by atoms with Crippen molar-refractivity contribution < 1.29 is 4.79 Å². The summed E-state index contributed by atoms with van der Waals surface area (Å²) in [6, 6.07) is 25.0. The number of para-hydroxylation sites is 1. The summed E-state index contributed by atoms with van der Waals surface area (Å²) < 4.78 is 1.81. The van der Waals surface area contributed by atoms with E-state index in [1.165, 1.54) is 11.8 Å². The van der Waals surface area contributed by atoms with Gasteiger partial charge >= 0.3 is 0 Å². The number of amidine groups is 1. The minimum atomic E-state index is -0.361. The van der Waals surface area contributed by atoms with E-state index in [0.717, 1.165) is 28.1 Å². The first-order valence-electron chi connectivity index (χ1n) is 10.8. The maximum atomic E-state index is 12.5. The zero-order valence-corrected chi connectivity index (χ0v) is 20.6. The number of amides is 1. The number of carbonyl (C=O) groups is 1. The van der Waals surface area contributed by atoms with Gasteiger partial charge in [-0.3, -0.25) is 4.79 Å². The van der Waals surface area contributed by atoms with Crippen LogP contribution in [0.3, 0.4) is 0 Å². The van der Waals surface area contributed by atoms with Gasteiger partial charge in [-0.1, -0.05) is 83.5 Å². The van der Waals surface area contributed by atoms with E-state index in [-0.39, 0.29) is 11.2 Å². The molecule has 0 saturated carbocycles. The topological polar surface area (TPSA) is 71.6 Å². The first-order valence-corrected chi connectivity index (χ1v) is 12.4. The average Bonchev–Trinajstić information content (AvgIpc) is 3.46. The van der Waals surface area contributed by atoms with Crippen molar-refractivity contribution in [2.24, 2.45) is 10.2 Å². The van der Waals surface area contributed by atoms with Crippen molar-refractivity contribution in [3.8, 4) is 16.9 Å². The standard InChI is InChI=1S/C26H19Cl2N5OS/c27-20-11-12-22(28)18(13-20)14-23-25(34)30-26(35-23)31-29-15-19-16-33(21-9-5-2-6-10-21)32-24(19)17-7-3-1-4-8-17/h1-13,15-16,23H,14H2,(H,30,31,34)/b29-15+. The van der Waals surface area contributed by atoms with Gasteiger partial charge in [-0.25, -0.2) is 4.68 Å². The summed E-state index contributed by atoms with van der Waals surface area (Å²) in [4.78, 5) is 12.5. The maximum Gasteiger partial charge on any atom is 0.239 e. The molecule has 1 saturated heterocycles. The van der Waals surface area contributed by atoms with Crippen molar-refractivity contribution in [2.45, 2.75) is 11.7 Å². The van der Waals surface area contributed by atoms with Crippen LogP contribution in [-0.4, -0.2) is 32.3 Å². The van der Waals surface area contributed by atoms with Gasteiger partial charge in [0, 0.05) is 27.4 Å². The molecule has 3 aromatic carbocycles. The quantitative estimate of drug-likeness (QED) is 0.250. The molecule has 1 unspecified atom stereocenters. The Morgan fingerprint density at radius 1 is 1.03 bits per heavy atom. The second kappa shape index (κ2) is 10.5. The van der Waals surface area contributed by atoms with Gasteiger partial charge < -0.3 is 5.32 Å². The van der Waals surface area contributed by atoms with Gasteiger partial charge in [0.05, 0.1) is 17.2 Å². The van der Waals surface area contributed by atoms with Gasteiger partial charge in [0.1, 0.15) is 5.69 Å². The Hall–Kier alpha value is -3.39. The Morgan fingerprint density at radius 3 is 2.54 bits per heavy atom. The number of carbonyl (C=O) groups excluding carboxylic acids is 1. The second-order valence-electron chi connectivity index (χ2n) is 7.76. The Morgan fingerprint density at radius 2 is 1.77 bits per heavy atom. The molecule has 1 N–H and O–H groups in total. The third-order valence-electron chi connectivity index (χ3n) is 5.35. The molecule has 0 bridgehead atoms. The van der Waals surface area contributed by atoms with Crippen molar-refractivity contribution in [2.75, 3.05) is 0 Å². The number of aromatic nitrogens is 2. The lowest BCUT2D eigenvalue weighted by atomic mass is 10.1. The van der Waals surface area contributed by atoms with Crippen LogP contribution in [0.5, 0.6) is 0 Å². The van der Waals surface area contributed by atoms with E-state index in [9.17, 15) is 4.79 Å². The van der Waals surface area contributed by atoms with E-state index in [2.05, 4.69) is 15.5 Å². The minimum Gasteiger partial charge on any atom is -0.303 e. The van der Waals surface area contributed by atoms with Crippen LogP contribution in [0, 0.1) is 0 Å². The Labute approximate surface area is 216 Å². The number of rotatable bonds is 6. The summed E-state index contributed by atoms with van der Waals surface area (Å²) in [5.74, 6) is -0.137. The van der Waals surface area contributed by atoms with Gasteiger partial charge in [0.2, 0.25) is 5.91 Å². The van der Waals surface area contributed by atoms with Crippen LogP contribution in [-0.2, 0) is 11.2 Å². The third kappa shape index (κ3) is 5.48. The summed E-state index contributed by atoms with van der Waals surface area (Å²) in [5.41, 5.74) is 4.32. The average molecular weight is 520 g/mol. The molecule has 2 heterocycles. The van der Waals surface area contributed by atoms with Crippen LogP contribution < -0.4 is 5.32 Å². The van der Waals surface area contributed by atoms with Crippen molar-refractivity contribution >= 4 is 52.3 Å². The lowest BCUT2D eigenvalue weighted by Gasteiger charge is -2.07. The Balaban J connectivity index is 1.37. The first-order chi connectivity index (χ1) is 17.1. The van der Waals surface area contributed by atoms with E-state index in [1.807, 2.05) is 71.5 Å². The minimum absolute atomic E-state index is 0.137. The van der Waals surface area contributed by atoms with E-state index >= 15 is 0 Å². The molecule has 0 spiro atoms. The number of benzene rings is 3. The predicted octanol–water partition coefficient (Wildman–Crippen LogP) is 6.01. The second-order valence-corrected chi connectivity index (χ2v) is 9.80. The highest BCUT2D eigenvalue weighted by Gasteiger charge is 2.31. The van der Waals surface area contributed by atoms with Crippen LogP contribution in [0.15, 0.2) is 95.3 Å². The molecular formula is C26H19Cl2N5OS. The van der Waals surface area contributed by atoms with Crippen molar-refractivity contribution in [1.82, 2.24) is 15.1 Å². The lowest BCUT2D eigenvalue weighted by Crippen LogP contribution is -2.26. The maximum absolute atomic E-state index is 12.5. The molecule has 6 nitrogen and oxygen atoms in total. The predicted molar refractivity (Wildman–Crippen MR) is 144 cm³/mol. The Kier molecular flexibility index (Phi) is 6.99. The molecular weight excluding hydrogens is 501 g/mol. The molecule has 0 radical (unpaired) electrons. The molecule has 1 aliphatic rings. The molecule has 174 valence electrons. The summed E-state index contributed by atoms with van der Waals surface area (Å²) in [6.45, 7) is 0. The van der Waals surface area contributed by atoms with E-state index in [0.29, 0.717) is 21.6 Å². The van der Waals surface area contributed by atoms with Crippen LogP contribution in [0.1, 0.15) is 11.1 Å². The highest BCUT2D eigenvalue weighted by molar-refractivity contribution is 8.15. The summed E-state index contributed by atoms with van der Waals surface area (Å²) >= 11 is 13.7. The zero-order valence-electron chi connectivity index (χ0n) is 18.3. The van der Waals surface area contributed by atoms with Crippen molar-refractivity contribution in [1.29, 1.82) is 0 Å². The molecule has 1 aliphatic heterocycles. The number of hydrogen-bond donors (Lipinski definition) is 1. The first kappa shape index (κ1) is 23.4. The zero-order chi connectivity index (χ0) is 24.2. The normalized spacial score (nSPS) is 16.8. The highest BCUT2D eigenvalue weighted by Crippen LogP contribution is 2.28. The number of halogens is 2. The van der Waals surface area contributed by atoms with Crippen LogP contribution in [0.2, 0.25) is 10.0 Å². The van der Waals surface area contributed by atoms with Crippen LogP contribution >= 0.6 is 35.0 Å². The molecule has 1 fully saturated rings. The van der Waals surface area contributed by atoms with E-state index in [1.54, 1.807) is 24.4 Å². The fraction of sp³-hybridized carbons (Fsp3) is 0.0769. The smallest absolute Gasteiger partial charge is 0.239 e. The number of thioether (sulfide) groups is 1. The summed E-state index contributed by atoms with van der Waals surface area (Å²) in [7, 11) is 0. The molecule has 1 aromatic heterocycles. The van der Waals surface area contributed by atoms with Gasteiger partial charge in [-0.2, -0.15) is 10.2 Å². The summed E-state index contributed by atoms with van der Waals surface area (Å²) in [6.07, 6.45) is 4.00. The third-order valence-corrected chi connectivity index (χ3v) is 7.02. The van der Waals surface area contributed by atoms with Crippen molar-refractivity contribution in [3.05, 3.63) is 106 Å².